The number of rotatable bonds is 5. The van der Waals surface area contributed by atoms with Crippen LogP contribution in [0.15, 0.2) is 78.9 Å². The molecule has 0 radical (unpaired) electrons. The van der Waals surface area contributed by atoms with Crippen LogP contribution < -0.4 is 4.90 Å². The lowest BCUT2D eigenvalue weighted by molar-refractivity contribution is -0.154. The van der Waals surface area contributed by atoms with Crippen molar-refractivity contribution in [3.05, 3.63) is 89.5 Å². The maximum Gasteiger partial charge on any atom is 0.311 e. The van der Waals surface area contributed by atoms with Crippen LogP contribution >= 0.6 is 23.4 Å². The number of amides is 2. The monoisotopic (exact) mass is 578 g/mol. The van der Waals surface area contributed by atoms with Gasteiger partial charge in [-0.1, -0.05) is 78.4 Å². The number of ether oxygens (including phenoxy) is 1. The van der Waals surface area contributed by atoms with Crippen LogP contribution in [-0.2, 0) is 25.5 Å². The lowest BCUT2D eigenvalue weighted by atomic mass is 9.74. The van der Waals surface area contributed by atoms with Gasteiger partial charge in [0.15, 0.2) is 0 Å². The molecule has 2 fully saturated rings. The van der Waals surface area contributed by atoms with Crippen LogP contribution in [0.4, 0.5) is 5.69 Å². The van der Waals surface area contributed by atoms with Gasteiger partial charge in [0, 0.05) is 11.3 Å². The van der Waals surface area contributed by atoms with E-state index in [1.54, 1.807) is 28.0 Å². The summed E-state index contributed by atoms with van der Waals surface area (Å²) in [6, 6.07) is 15.1. The fourth-order valence-electron chi connectivity index (χ4n) is 6.84. The van der Waals surface area contributed by atoms with E-state index < -0.39 is 39.4 Å². The molecular weight excluding hydrogens is 548 g/mol. The number of likely N-dealkylation sites (tertiary alicyclic amines) is 1. The van der Waals surface area contributed by atoms with E-state index in [9.17, 15) is 19.5 Å². The number of nitrogens with zero attached hydrogens (tertiary/aromatic N) is 2. The number of fused-ring (bicyclic) bond motifs is 2. The molecule has 9 heteroatoms. The topological polar surface area (TPSA) is 87.1 Å². The first-order chi connectivity index (χ1) is 19.3. The van der Waals surface area contributed by atoms with Gasteiger partial charge in [-0.3, -0.25) is 14.4 Å². The average molecular weight is 579 g/mol. The molecule has 4 heterocycles. The Labute approximate surface area is 242 Å². The van der Waals surface area contributed by atoms with Crippen LogP contribution in [0.1, 0.15) is 18.9 Å². The highest BCUT2D eigenvalue weighted by molar-refractivity contribution is 8.02. The van der Waals surface area contributed by atoms with Crippen LogP contribution in [0.25, 0.3) is 0 Å². The fraction of sp³-hybridized carbons (Fsp3) is 0.387. The number of thioether (sulfide) groups is 1. The largest absolute Gasteiger partial charge is 0.465 e. The number of cyclic esters (lactones) is 1. The number of aliphatic hydroxyl groups is 1. The maximum atomic E-state index is 14.7. The number of hydrogen-bond acceptors (Lipinski definition) is 6. The smallest absolute Gasteiger partial charge is 0.311 e. The van der Waals surface area contributed by atoms with Crippen molar-refractivity contribution < 1.29 is 24.2 Å². The molecule has 40 heavy (non-hydrogen) atoms. The maximum absolute atomic E-state index is 14.7. The molecule has 0 saturated carbocycles. The van der Waals surface area contributed by atoms with E-state index in [0.717, 1.165) is 5.56 Å². The Bertz CT molecular complexity index is 1400. The molecule has 2 amide bonds. The van der Waals surface area contributed by atoms with Crippen LogP contribution in [-0.4, -0.2) is 69.1 Å². The minimum atomic E-state index is -1.04. The van der Waals surface area contributed by atoms with E-state index in [-0.39, 0.29) is 31.6 Å². The third-order valence-corrected chi connectivity index (χ3v) is 10.6. The number of benzene rings is 2. The van der Waals surface area contributed by atoms with Crippen molar-refractivity contribution in [2.45, 2.75) is 41.3 Å². The first kappa shape index (κ1) is 27.1. The number of hydrogen-bond donors (Lipinski definition) is 1. The van der Waals surface area contributed by atoms with Gasteiger partial charge >= 0.3 is 5.97 Å². The van der Waals surface area contributed by atoms with Crippen LogP contribution in [0.3, 0.4) is 0 Å². The van der Waals surface area contributed by atoms with Crippen molar-refractivity contribution in [3.8, 4) is 0 Å². The molecule has 2 aromatic rings. The zero-order chi connectivity index (χ0) is 28.1. The molecular formula is C31H31ClN2O5S. The molecule has 1 unspecified atom stereocenters. The Morgan fingerprint density at radius 3 is 2.52 bits per heavy atom. The summed E-state index contributed by atoms with van der Waals surface area (Å²) in [7, 11) is 0. The Morgan fingerprint density at radius 2 is 1.77 bits per heavy atom. The number of carbonyl (C=O) groups excluding carboxylic acids is 3. The summed E-state index contributed by atoms with van der Waals surface area (Å²) in [5, 5.41) is 11.1. The summed E-state index contributed by atoms with van der Waals surface area (Å²) in [6.45, 7) is 2.13. The molecule has 2 aromatic carbocycles. The zero-order valence-electron chi connectivity index (χ0n) is 22.1. The molecule has 4 aliphatic heterocycles. The van der Waals surface area contributed by atoms with Gasteiger partial charge in [0.1, 0.15) is 6.04 Å². The van der Waals surface area contributed by atoms with Gasteiger partial charge in [0.25, 0.3) is 5.91 Å². The zero-order valence-corrected chi connectivity index (χ0v) is 23.7. The quantitative estimate of drug-likeness (QED) is 0.426. The second kappa shape index (κ2) is 10.4. The van der Waals surface area contributed by atoms with E-state index in [1.807, 2.05) is 67.6 Å². The van der Waals surface area contributed by atoms with Crippen LogP contribution in [0.5, 0.6) is 0 Å². The summed E-state index contributed by atoms with van der Waals surface area (Å²) < 4.78 is 3.83. The van der Waals surface area contributed by atoms with Gasteiger partial charge in [-0.25, -0.2) is 0 Å². The van der Waals surface area contributed by atoms with Crippen molar-refractivity contribution in [3.63, 3.8) is 0 Å². The minimum Gasteiger partial charge on any atom is -0.465 e. The van der Waals surface area contributed by atoms with E-state index in [4.69, 9.17) is 16.3 Å². The second-order valence-corrected chi connectivity index (χ2v) is 13.1. The number of esters is 1. The van der Waals surface area contributed by atoms with Gasteiger partial charge in [-0.05, 0) is 37.5 Å². The highest BCUT2D eigenvalue weighted by atomic mass is 35.5. The molecule has 1 spiro atoms. The van der Waals surface area contributed by atoms with E-state index in [0.29, 0.717) is 23.6 Å². The number of aliphatic hydroxyl groups excluding tert-OH is 1. The SMILES string of the molecule is C[C@]12C=CCCOC(=O)[C@H]1[C@H]1C(=O)N([C@@H](CO)Cc3ccccc3)C3C(=O)N(c4ccccc4Cl)CC=C[C@@]31S2. The van der Waals surface area contributed by atoms with Crippen molar-refractivity contribution >= 4 is 46.8 Å². The third-order valence-electron chi connectivity index (χ3n) is 8.52. The molecule has 0 aromatic heterocycles. The Balaban J connectivity index is 1.51. The Hall–Kier alpha value is -3.07. The predicted molar refractivity (Wildman–Crippen MR) is 155 cm³/mol. The third kappa shape index (κ3) is 4.19. The van der Waals surface area contributed by atoms with Gasteiger partial charge in [0.2, 0.25) is 5.91 Å². The van der Waals surface area contributed by atoms with E-state index in [1.165, 1.54) is 11.8 Å². The summed E-state index contributed by atoms with van der Waals surface area (Å²) in [5.41, 5.74) is 1.49. The van der Waals surface area contributed by atoms with Gasteiger partial charge in [-0.2, -0.15) is 0 Å². The second-order valence-electron chi connectivity index (χ2n) is 10.9. The highest BCUT2D eigenvalue weighted by Gasteiger charge is 2.74. The standard InChI is InChI=1S/C31H31ClN2O5S/c1-30-14-7-8-17-39-29(38)25(30)24-27(36)34(21(19-35)18-20-10-3-2-4-11-20)26-28(37)33(16-9-15-31(24,26)40-30)23-13-6-5-12-22(23)32/h2-7,9-15,21,24-26,35H,8,16-19H2,1H3/t21-,24+,25-,26?,30+,31+/m1/s1. The fourth-order valence-corrected chi connectivity index (χ4v) is 9.22. The molecule has 4 aliphatic rings. The lowest BCUT2D eigenvalue weighted by Gasteiger charge is -2.40. The summed E-state index contributed by atoms with van der Waals surface area (Å²) in [4.78, 5) is 45.9. The predicted octanol–water partition coefficient (Wildman–Crippen LogP) is 4.04. The van der Waals surface area contributed by atoms with Gasteiger partial charge in [-0.15, -0.1) is 11.8 Å². The number of anilines is 1. The van der Waals surface area contributed by atoms with Crippen molar-refractivity contribution in [2.75, 3.05) is 24.7 Å². The first-order valence-corrected chi connectivity index (χ1v) is 14.8. The molecule has 2 saturated heterocycles. The minimum absolute atomic E-state index is 0.246. The number of carbonyl (C=O) groups is 3. The van der Waals surface area contributed by atoms with E-state index in [2.05, 4.69) is 0 Å². The first-order valence-electron chi connectivity index (χ1n) is 13.6. The van der Waals surface area contributed by atoms with Crippen LogP contribution in [0.2, 0.25) is 5.02 Å². The molecule has 1 N–H and O–H groups in total. The highest BCUT2D eigenvalue weighted by Crippen LogP contribution is 2.65. The van der Waals surface area contributed by atoms with Crippen LogP contribution in [0, 0.1) is 11.8 Å². The average Bonchev–Trinajstić information content (AvgIpc) is 3.27. The summed E-state index contributed by atoms with van der Waals surface area (Å²) in [6.07, 6.45) is 8.81. The number of para-hydroxylation sites is 1. The molecule has 7 nitrogen and oxygen atoms in total. The van der Waals surface area contributed by atoms with E-state index >= 15 is 0 Å². The lowest BCUT2D eigenvalue weighted by Crippen LogP contribution is -2.57. The normalized spacial score (nSPS) is 32.1. The van der Waals surface area contributed by atoms with Crippen molar-refractivity contribution in [1.82, 2.24) is 4.90 Å². The summed E-state index contributed by atoms with van der Waals surface area (Å²) in [5.74, 6) is -2.64. The molecule has 6 atom stereocenters. The molecule has 6 rings (SSSR count). The van der Waals surface area contributed by atoms with Crippen molar-refractivity contribution in [1.29, 1.82) is 0 Å². The molecule has 0 bridgehead atoms. The van der Waals surface area contributed by atoms with Gasteiger partial charge < -0.3 is 19.6 Å². The Kier molecular flexibility index (Phi) is 7.05. The molecule has 208 valence electrons. The van der Waals surface area contributed by atoms with Gasteiger partial charge in [0.05, 0.1) is 46.5 Å². The molecule has 0 aliphatic carbocycles. The number of halogens is 1. The van der Waals surface area contributed by atoms with Crippen molar-refractivity contribution in [2.24, 2.45) is 11.8 Å². The Morgan fingerprint density at radius 1 is 1.02 bits per heavy atom. The summed E-state index contributed by atoms with van der Waals surface area (Å²) >= 11 is 8.04.